The molecular formula is C16H24O3S. The summed E-state index contributed by atoms with van der Waals surface area (Å²) in [5.74, 6) is 0.0973. The molecular weight excluding hydrogens is 272 g/mol. The van der Waals surface area contributed by atoms with Crippen LogP contribution in [0, 0.1) is 0 Å². The lowest BCUT2D eigenvalue weighted by atomic mass is 9.87. The second kappa shape index (κ2) is 5.86. The zero-order valence-electron chi connectivity index (χ0n) is 12.6. The highest BCUT2D eigenvalue weighted by Gasteiger charge is 2.28. The lowest BCUT2D eigenvalue weighted by Crippen LogP contribution is -2.29. The Morgan fingerprint density at radius 1 is 1.20 bits per heavy atom. The number of sulfone groups is 1. The molecule has 1 atom stereocenters. The second-order valence-corrected chi connectivity index (χ2v) is 8.52. The highest BCUT2D eigenvalue weighted by atomic mass is 32.2. The van der Waals surface area contributed by atoms with Gasteiger partial charge < -0.3 is 4.74 Å². The van der Waals surface area contributed by atoms with Crippen molar-refractivity contribution in [2.75, 3.05) is 12.4 Å². The van der Waals surface area contributed by atoms with E-state index in [9.17, 15) is 8.42 Å². The van der Waals surface area contributed by atoms with Gasteiger partial charge in [-0.25, -0.2) is 8.42 Å². The van der Waals surface area contributed by atoms with Crippen molar-refractivity contribution >= 4 is 9.84 Å². The summed E-state index contributed by atoms with van der Waals surface area (Å²) >= 11 is 0. The minimum atomic E-state index is -3.30. The molecule has 112 valence electrons. The van der Waals surface area contributed by atoms with Gasteiger partial charge in [-0.2, -0.15) is 0 Å². The highest BCUT2D eigenvalue weighted by Crippen LogP contribution is 2.30. The first-order valence-electron chi connectivity index (χ1n) is 7.24. The summed E-state index contributed by atoms with van der Waals surface area (Å²) < 4.78 is 31.0. The lowest BCUT2D eigenvalue weighted by molar-refractivity contribution is 0.0305. The molecule has 1 fully saturated rings. The van der Waals surface area contributed by atoms with Crippen LogP contribution in [-0.4, -0.2) is 26.9 Å². The van der Waals surface area contributed by atoms with E-state index in [0.29, 0.717) is 11.5 Å². The van der Waals surface area contributed by atoms with Crippen LogP contribution in [0.3, 0.4) is 0 Å². The van der Waals surface area contributed by atoms with Gasteiger partial charge >= 0.3 is 0 Å². The summed E-state index contributed by atoms with van der Waals surface area (Å²) in [5.41, 5.74) is 0.702. The third kappa shape index (κ3) is 3.61. The van der Waals surface area contributed by atoms with Gasteiger partial charge in [-0.05, 0) is 36.3 Å². The SMILES string of the molecule is CC(C)(C)c1ccccc1S(=O)(=O)CC1CCCCO1. The fourth-order valence-electron chi connectivity index (χ4n) is 2.63. The van der Waals surface area contributed by atoms with E-state index < -0.39 is 9.84 Å². The fraction of sp³-hybridized carbons (Fsp3) is 0.625. The topological polar surface area (TPSA) is 43.4 Å². The number of hydrogen-bond donors (Lipinski definition) is 0. The maximum atomic E-state index is 12.7. The lowest BCUT2D eigenvalue weighted by Gasteiger charge is -2.25. The molecule has 0 aromatic heterocycles. The average molecular weight is 296 g/mol. The third-order valence-electron chi connectivity index (χ3n) is 3.71. The minimum Gasteiger partial charge on any atom is -0.377 e. The van der Waals surface area contributed by atoms with Gasteiger partial charge in [0.15, 0.2) is 9.84 Å². The molecule has 0 N–H and O–H groups in total. The molecule has 2 rings (SSSR count). The van der Waals surface area contributed by atoms with Crippen LogP contribution in [0.25, 0.3) is 0 Å². The molecule has 1 aromatic carbocycles. The number of ether oxygens (including phenoxy) is 1. The van der Waals surface area contributed by atoms with E-state index in [2.05, 4.69) is 0 Å². The summed E-state index contributed by atoms with van der Waals surface area (Å²) in [4.78, 5) is 0.460. The molecule has 0 radical (unpaired) electrons. The zero-order valence-corrected chi connectivity index (χ0v) is 13.4. The van der Waals surface area contributed by atoms with Crippen LogP contribution in [0.4, 0.5) is 0 Å². The maximum Gasteiger partial charge on any atom is 0.181 e. The average Bonchev–Trinajstić information content (AvgIpc) is 2.38. The van der Waals surface area contributed by atoms with E-state index in [0.717, 1.165) is 24.8 Å². The van der Waals surface area contributed by atoms with Crippen LogP contribution in [-0.2, 0) is 20.0 Å². The maximum absolute atomic E-state index is 12.7. The Morgan fingerprint density at radius 2 is 1.90 bits per heavy atom. The summed E-state index contributed by atoms with van der Waals surface area (Å²) in [6, 6.07) is 7.33. The van der Waals surface area contributed by atoms with Crippen molar-refractivity contribution in [1.29, 1.82) is 0 Å². The molecule has 3 nitrogen and oxygen atoms in total. The van der Waals surface area contributed by atoms with Crippen molar-refractivity contribution in [3.05, 3.63) is 29.8 Å². The summed E-state index contributed by atoms with van der Waals surface area (Å²) in [6.07, 6.45) is 2.79. The zero-order chi connectivity index (χ0) is 14.8. The van der Waals surface area contributed by atoms with Crippen LogP contribution < -0.4 is 0 Å². The number of rotatable bonds is 3. The Bertz CT molecular complexity index is 549. The van der Waals surface area contributed by atoms with Gasteiger partial charge in [-0.15, -0.1) is 0 Å². The molecule has 1 aliphatic heterocycles. The van der Waals surface area contributed by atoms with Crippen LogP contribution in [0.1, 0.15) is 45.6 Å². The van der Waals surface area contributed by atoms with E-state index in [1.54, 1.807) is 12.1 Å². The molecule has 1 unspecified atom stereocenters. The molecule has 1 aromatic rings. The Balaban J connectivity index is 2.29. The molecule has 0 amide bonds. The fourth-order valence-corrected chi connectivity index (χ4v) is 4.56. The molecule has 0 spiro atoms. The van der Waals surface area contributed by atoms with Gasteiger partial charge in [-0.3, -0.25) is 0 Å². The van der Waals surface area contributed by atoms with Crippen LogP contribution in [0.5, 0.6) is 0 Å². The Kier molecular flexibility index (Phi) is 4.55. The van der Waals surface area contributed by atoms with E-state index in [1.165, 1.54) is 0 Å². The van der Waals surface area contributed by atoms with Gasteiger partial charge in [0.25, 0.3) is 0 Å². The third-order valence-corrected chi connectivity index (χ3v) is 5.55. The highest BCUT2D eigenvalue weighted by molar-refractivity contribution is 7.91. The van der Waals surface area contributed by atoms with Gasteiger partial charge in [0.1, 0.15) is 0 Å². The number of benzene rings is 1. The van der Waals surface area contributed by atoms with E-state index in [4.69, 9.17) is 4.74 Å². The van der Waals surface area contributed by atoms with Gasteiger partial charge in [-0.1, -0.05) is 39.0 Å². The molecule has 0 bridgehead atoms. The van der Waals surface area contributed by atoms with E-state index >= 15 is 0 Å². The van der Waals surface area contributed by atoms with Gasteiger partial charge in [0, 0.05) is 6.61 Å². The predicted octanol–water partition coefficient (Wildman–Crippen LogP) is 3.33. The Morgan fingerprint density at radius 3 is 2.50 bits per heavy atom. The largest absolute Gasteiger partial charge is 0.377 e. The normalized spacial score (nSPS) is 20.9. The van der Waals surface area contributed by atoms with Crippen LogP contribution >= 0.6 is 0 Å². The summed E-state index contributed by atoms with van der Waals surface area (Å²) in [6.45, 7) is 6.80. The Hall–Kier alpha value is -0.870. The molecule has 1 heterocycles. The molecule has 20 heavy (non-hydrogen) atoms. The molecule has 0 saturated carbocycles. The molecule has 1 aliphatic rings. The van der Waals surface area contributed by atoms with Crippen LogP contribution in [0.15, 0.2) is 29.2 Å². The first-order chi connectivity index (χ1) is 9.31. The van der Waals surface area contributed by atoms with Crippen molar-refractivity contribution in [2.45, 2.75) is 56.4 Å². The Labute approximate surface area is 122 Å². The number of hydrogen-bond acceptors (Lipinski definition) is 3. The summed E-state index contributed by atoms with van der Waals surface area (Å²) in [7, 11) is -3.30. The first kappa shape index (κ1) is 15.5. The van der Waals surface area contributed by atoms with Crippen molar-refractivity contribution in [2.24, 2.45) is 0 Å². The standard InChI is InChI=1S/C16H24O3S/c1-16(2,3)14-9-4-5-10-15(14)20(17,18)12-13-8-6-7-11-19-13/h4-5,9-10,13H,6-8,11-12H2,1-3H3. The molecule has 1 saturated heterocycles. The molecule has 4 heteroatoms. The molecule has 0 aliphatic carbocycles. The van der Waals surface area contributed by atoms with Crippen molar-refractivity contribution < 1.29 is 13.2 Å². The van der Waals surface area contributed by atoms with Gasteiger partial charge in [0.2, 0.25) is 0 Å². The van der Waals surface area contributed by atoms with Crippen molar-refractivity contribution in [3.8, 4) is 0 Å². The second-order valence-electron chi connectivity index (χ2n) is 6.52. The smallest absolute Gasteiger partial charge is 0.181 e. The monoisotopic (exact) mass is 296 g/mol. The predicted molar refractivity (Wildman–Crippen MR) is 80.8 cm³/mol. The van der Waals surface area contributed by atoms with E-state index in [-0.39, 0.29) is 17.3 Å². The summed E-state index contributed by atoms with van der Waals surface area (Å²) in [5, 5.41) is 0. The van der Waals surface area contributed by atoms with Crippen molar-refractivity contribution in [3.63, 3.8) is 0 Å². The van der Waals surface area contributed by atoms with Crippen LogP contribution in [0.2, 0.25) is 0 Å². The van der Waals surface area contributed by atoms with Crippen molar-refractivity contribution in [1.82, 2.24) is 0 Å². The minimum absolute atomic E-state index is 0.0973. The quantitative estimate of drug-likeness (QED) is 0.859. The first-order valence-corrected chi connectivity index (χ1v) is 8.90. The van der Waals surface area contributed by atoms with E-state index in [1.807, 2.05) is 32.9 Å². The van der Waals surface area contributed by atoms with Gasteiger partial charge in [0.05, 0.1) is 16.8 Å².